The smallest absolute Gasteiger partial charge is 0.239 e. The van der Waals surface area contributed by atoms with Crippen LogP contribution in [-0.4, -0.2) is 54.3 Å². The molecule has 1 aromatic heterocycles. The van der Waals surface area contributed by atoms with E-state index in [2.05, 4.69) is 27.3 Å². The van der Waals surface area contributed by atoms with E-state index in [1.54, 1.807) is 18.4 Å². The lowest BCUT2D eigenvalue weighted by Gasteiger charge is -2.27. The van der Waals surface area contributed by atoms with Gasteiger partial charge >= 0.3 is 0 Å². The minimum atomic E-state index is -0.264. The highest BCUT2D eigenvalue weighted by Gasteiger charge is 2.26. The highest BCUT2D eigenvalue weighted by atomic mass is 79.9. The Morgan fingerprint density at radius 2 is 2.09 bits per heavy atom. The Labute approximate surface area is 143 Å². The standard InChI is InChI=1S/C15H22BrN3O2S/c1-10(18(2)8-12-6-7-13(16)22-12)15(21)19(3)9-14(20)17-11-4-5-11/h6-7,10-11H,4-5,8-9H2,1-3H3,(H,17,20). The number of rotatable bonds is 7. The third-order valence-electron chi connectivity index (χ3n) is 3.75. The second kappa shape index (κ2) is 7.57. The molecule has 0 spiro atoms. The molecule has 2 rings (SSSR count). The van der Waals surface area contributed by atoms with E-state index in [-0.39, 0.29) is 24.4 Å². The first kappa shape index (κ1) is 17.4. The Bertz CT molecular complexity index is 545. The first-order chi connectivity index (χ1) is 10.4. The van der Waals surface area contributed by atoms with Gasteiger partial charge in [-0.05, 0) is 54.9 Å². The highest BCUT2D eigenvalue weighted by Crippen LogP contribution is 2.23. The Morgan fingerprint density at radius 3 is 2.64 bits per heavy atom. The lowest BCUT2D eigenvalue weighted by Crippen LogP contribution is -2.47. The molecule has 0 aliphatic heterocycles. The normalized spacial score (nSPS) is 15.7. The third-order valence-corrected chi connectivity index (χ3v) is 5.36. The molecule has 2 amide bonds. The maximum absolute atomic E-state index is 12.4. The number of thiophene rings is 1. The van der Waals surface area contributed by atoms with Crippen molar-refractivity contribution < 1.29 is 9.59 Å². The largest absolute Gasteiger partial charge is 0.352 e. The van der Waals surface area contributed by atoms with Crippen molar-refractivity contribution in [1.82, 2.24) is 15.1 Å². The Hall–Kier alpha value is -0.920. The van der Waals surface area contributed by atoms with Crippen LogP contribution in [0.1, 0.15) is 24.6 Å². The summed E-state index contributed by atoms with van der Waals surface area (Å²) in [6.07, 6.45) is 2.11. The molecule has 1 atom stereocenters. The topological polar surface area (TPSA) is 52.7 Å². The van der Waals surface area contributed by atoms with Gasteiger partial charge in [-0.3, -0.25) is 14.5 Å². The molecule has 1 heterocycles. The fourth-order valence-corrected chi connectivity index (χ4v) is 3.67. The monoisotopic (exact) mass is 387 g/mol. The lowest BCUT2D eigenvalue weighted by molar-refractivity contribution is -0.138. The maximum Gasteiger partial charge on any atom is 0.239 e. The molecule has 1 N–H and O–H groups in total. The number of hydrogen-bond acceptors (Lipinski definition) is 4. The Balaban J connectivity index is 1.82. The van der Waals surface area contributed by atoms with E-state index in [4.69, 9.17) is 0 Å². The molecular formula is C15H22BrN3O2S. The van der Waals surface area contributed by atoms with Crippen LogP contribution in [-0.2, 0) is 16.1 Å². The Morgan fingerprint density at radius 1 is 1.41 bits per heavy atom. The van der Waals surface area contributed by atoms with Crippen molar-refractivity contribution in [3.05, 3.63) is 20.8 Å². The number of halogens is 1. The van der Waals surface area contributed by atoms with E-state index >= 15 is 0 Å². The lowest BCUT2D eigenvalue weighted by atomic mass is 10.2. The summed E-state index contributed by atoms with van der Waals surface area (Å²) in [5, 5.41) is 2.90. The summed E-state index contributed by atoms with van der Waals surface area (Å²) in [6.45, 7) is 2.71. The second-order valence-corrected chi connectivity index (χ2v) is 8.38. The fraction of sp³-hybridized carbons (Fsp3) is 0.600. The van der Waals surface area contributed by atoms with Crippen molar-refractivity contribution in [2.45, 2.75) is 38.4 Å². The quantitative estimate of drug-likeness (QED) is 0.778. The van der Waals surface area contributed by atoms with E-state index in [1.807, 2.05) is 24.9 Å². The summed E-state index contributed by atoms with van der Waals surface area (Å²) < 4.78 is 1.09. The van der Waals surface area contributed by atoms with Gasteiger partial charge in [-0.25, -0.2) is 0 Å². The average molecular weight is 388 g/mol. The van der Waals surface area contributed by atoms with E-state index in [1.165, 1.54) is 9.78 Å². The molecule has 7 heteroatoms. The molecule has 1 aromatic rings. The van der Waals surface area contributed by atoms with Crippen molar-refractivity contribution in [2.75, 3.05) is 20.6 Å². The number of carbonyl (C=O) groups excluding carboxylic acids is 2. The van der Waals surface area contributed by atoms with Gasteiger partial charge in [0.15, 0.2) is 0 Å². The average Bonchev–Trinajstić information content (AvgIpc) is 3.17. The number of amides is 2. The second-order valence-electron chi connectivity index (χ2n) is 5.83. The van der Waals surface area contributed by atoms with Crippen molar-refractivity contribution >= 4 is 39.1 Å². The zero-order valence-corrected chi connectivity index (χ0v) is 15.5. The van der Waals surface area contributed by atoms with Crippen molar-refractivity contribution in [3.63, 3.8) is 0 Å². The van der Waals surface area contributed by atoms with E-state index in [0.717, 1.165) is 16.6 Å². The van der Waals surface area contributed by atoms with Gasteiger partial charge in [0.05, 0.1) is 16.4 Å². The van der Waals surface area contributed by atoms with Crippen molar-refractivity contribution in [3.8, 4) is 0 Å². The molecule has 1 saturated carbocycles. The van der Waals surface area contributed by atoms with Gasteiger partial charge in [-0.1, -0.05) is 0 Å². The molecule has 5 nitrogen and oxygen atoms in total. The van der Waals surface area contributed by atoms with Crippen LogP contribution in [0.15, 0.2) is 15.9 Å². The van der Waals surface area contributed by atoms with E-state index in [9.17, 15) is 9.59 Å². The molecule has 1 aliphatic rings. The number of carbonyl (C=O) groups is 2. The number of nitrogens with zero attached hydrogens (tertiary/aromatic N) is 2. The van der Waals surface area contributed by atoms with Crippen molar-refractivity contribution in [2.24, 2.45) is 0 Å². The van der Waals surface area contributed by atoms with Crippen LogP contribution >= 0.6 is 27.3 Å². The minimum Gasteiger partial charge on any atom is -0.352 e. The number of likely N-dealkylation sites (N-methyl/N-ethyl adjacent to an activating group) is 2. The summed E-state index contributed by atoms with van der Waals surface area (Å²) in [6, 6.07) is 4.12. The first-order valence-corrected chi connectivity index (χ1v) is 8.96. The van der Waals surface area contributed by atoms with Crippen LogP contribution in [0.3, 0.4) is 0 Å². The fourth-order valence-electron chi connectivity index (χ4n) is 2.12. The molecule has 0 radical (unpaired) electrons. The van der Waals surface area contributed by atoms with Crippen molar-refractivity contribution in [1.29, 1.82) is 0 Å². The van der Waals surface area contributed by atoms with Crippen LogP contribution in [0, 0.1) is 0 Å². The molecular weight excluding hydrogens is 366 g/mol. The van der Waals surface area contributed by atoms with E-state index in [0.29, 0.717) is 12.6 Å². The molecule has 1 unspecified atom stereocenters. The molecule has 0 bridgehead atoms. The van der Waals surface area contributed by atoms with Gasteiger partial charge in [-0.2, -0.15) is 0 Å². The molecule has 1 aliphatic carbocycles. The molecule has 122 valence electrons. The summed E-state index contributed by atoms with van der Waals surface area (Å²) in [5.74, 6) is -0.112. The first-order valence-electron chi connectivity index (χ1n) is 7.35. The summed E-state index contributed by atoms with van der Waals surface area (Å²) in [5.41, 5.74) is 0. The molecule has 22 heavy (non-hydrogen) atoms. The van der Waals surface area contributed by atoms with Gasteiger partial charge < -0.3 is 10.2 Å². The summed E-state index contributed by atoms with van der Waals surface area (Å²) in [7, 11) is 3.61. The summed E-state index contributed by atoms with van der Waals surface area (Å²) >= 11 is 5.11. The van der Waals surface area contributed by atoms with Crippen LogP contribution < -0.4 is 5.32 Å². The predicted octanol–water partition coefficient (Wildman–Crippen LogP) is 2.07. The van der Waals surface area contributed by atoms with Crippen LogP contribution in [0.4, 0.5) is 0 Å². The van der Waals surface area contributed by atoms with Gasteiger partial charge in [0.1, 0.15) is 0 Å². The molecule has 1 fully saturated rings. The predicted molar refractivity (Wildman–Crippen MR) is 91.7 cm³/mol. The van der Waals surface area contributed by atoms with Crippen LogP contribution in [0.5, 0.6) is 0 Å². The van der Waals surface area contributed by atoms with Gasteiger partial charge in [-0.15, -0.1) is 11.3 Å². The zero-order valence-electron chi connectivity index (χ0n) is 13.1. The van der Waals surface area contributed by atoms with Gasteiger partial charge in [0.2, 0.25) is 11.8 Å². The minimum absolute atomic E-state index is 0.0379. The number of nitrogens with one attached hydrogen (secondary N) is 1. The zero-order chi connectivity index (χ0) is 16.3. The SMILES string of the molecule is CC(C(=O)N(C)CC(=O)NC1CC1)N(C)Cc1ccc(Br)s1. The maximum atomic E-state index is 12.4. The molecule has 0 saturated heterocycles. The molecule has 0 aromatic carbocycles. The van der Waals surface area contributed by atoms with Gasteiger partial charge in [0.25, 0.3) is 0 Å². The number of hydrogen-bond donors (Lipinski definition) is 1. The van der Waals surface area contributed by atoms with E-state index < -0.39 is 0 Å². The Kier molecular flexibility index (Phi) is 6.00. The van der Waals surface area contributed by atoms with Crippen LogP contribution in [0.2, 0.25) is 0 Å². The third kappa shape index (κ3) is 5.07. The highest BCUT2D eigenvalue weighted by molar-refractivity contribution is 9.11. The summed E-state index contributed by atoms with van der Waals surface area (Å²) in [4.78, 5) is 28.9. The van der Waals surface area contributed by atoms with Crippen LogP contribution in [0.25, 0.3) is 0 Å². The van der Waals surface area contributed by atoms with Gasteiger partial charge in [0, 0.05) is 24.5 Å².